The molecule has 2 heterocycles. The fraction of sp³-hybridized carbons (Fsp3) is 0.394. The highest BCUT2D eigenvalue weighted by molar-refractivity contribution is 7.99. The third-order valence-corrected chi connectivity index (χ3v) is 8.58. The molecule has 0 bridgehead atoms. The number of rotatable bonds is 10. The van der Waals surface area contributed by atoms with E-state index in [9.17, 15) is 14.0 Å². The lowest BCUT2D eigenvalue weighted by atomic mass is 9.86. The molecule has 1 aliphatic heterocycles. The van der Waals surface area contributed by atoms with E-state index in [4.69, 9.17) is 4.74 Å². The second kappa shape index (κ2) is 14.6. The number of ether oxygens (including phenoxy) is 1. The second-order valence-corrected chi connectivity index (χ2v) is 11.9. The number of hydrogen-bond acceptors (Lipinski definition) is 7. The Balaban J connectivity index is 1.40. The molecule has 1 fully saturated rings. The van der Waals surface area contributed by atoms with E-state index in [1.54, 1.807) is 17.0 Å². The molecule has 2 atom stereocenters. The number of carbonyl (C=O) groups excluding carboxylic acids is 2. The molecule has 5 rings (SSSR count). The molecule has 1 aromatic heterocycles. The zero-order chi connectivity index (χ0) is 30.2. The molecule has 43 heavy (non-hydrogen) atoms. The van der Waals surface area contributed by atoms with Crippen molar-refractivity contribution in [3.8, 4) is 0 Å². The quantitative estimate of drug-likeness (QED) is 0.185. The predicted octanol–water partition coefficient (Wildman–Crippen LogP) is 5.55. The smallest absolute Gasteiger partial charge is 0.247 e. The van der Waals surface area contributed by atoms with Crippen LogP contribution >= 0.6 is 11.8 Å². The first-order valence-corrected chi connectivity index (χ1v) is 15.7. The summed E-state index contributed by atoms with van der Waals surface area (Å²) in [4.78, 5) is 40.9. The third-order valence-electron chi connectivity index (χ3n) is 7.74. The van der Waals surface area contributed by atoms with Crippen LogP contribution < -0.4 is 10.2 Å². The predicted molar refractivity (Wildman–Crippen MR) is 168 cm³/mol. The lowest BCUT2D eigenvalue weighted by Gasteiger charge is -2.37. The highest BCUT2D eigenvalue weighted by Gasteiger charge is 2.36. The largest absolute Gasteiger partial charge is 0.378 e. The Hall–Kier alpha value is -3.76. The summed E-state index contributed by atoms with van der Waals surface area (Å²) >= 11 is 1.26. The van der Waals surface area contributed by atoms with Crippen molar-refractivity contribution in [1.82, 2.24) is 14.9 Å². The zero-order valence-corrected chi connectivity index (χ0v) is 25.5. The Labute approximate surface area is 256 Å². The van der Waals surface area contributed by atoms with Gasteiger partial charge in [0.15, 0.2) is 5.16 Å². The summed E-state index contributed by atoms with van der Waals surface area (Å²) in [5.41, 5.74) is 4.16. The van der Waals surface area contributed by atoms with E-state index in [1.165, 1.54) is 23.9 Å². The van der Waals surface area contributed by atoms with Crippen molar-refractivity contribution in [3.05, 3.63) is 89.5 Å². The van der Waals surface area contributed by atoms with Gasteiger partial charge in [-0.3, -0.25) is 9.59 Å². The van der Waals surface area contributed by atoms with Crippen LogP contribution in [0.2, 0.25) is 0 Å². The molecule has 1 saturated heterocycles. The number of thioether (sulfide) groups is 1. The summed E-state index contributed by atoms with van der Waals surface area (Å²) in [6, 6.07) is 15.1. The maximum atomic E-state index is 14.1. The molecule has 2 amide bonds. The van der Waals surface area contributed by atoms with Gasteiger partial charge in [0, 0.05) is 42.4 Å². The van der Waals surface area contributed by atoms with Crippen LogP contribution in [0.3, 0.4) is 0 Å². The van der Waals surface area contributed by atoms with Crippen molar-refractivity contribution in [2.45, 2.75) is 50.9 Å². The Morgan fingerprint density at radius 2 is 1.74 bits per heavy atom. The van der Waals surface area contributed by atoms with Gasteiger partial charge in [0.05, 0.1) is 19.0 Å². The highest BCUT2D eigenvalue weighted by atomic mass is 32.2. The van der Waals surface area contributed by atoms with Crippen LogP contribution in [0.4, 0.5) is 15.8 Å². The fourth-order valence-electron chi connectivity index (χ4n) is 5.60. The lowest BCUT2D eigenvalue weighted by Crippen LogP contribution is -2.51. The molecule has 1 aliphatic carbocycles. The van der Waals surface area contributed by atoms with Gasteiger partial charge in [-0.15, -0.1) is 0 Å². The number of nitrogens with zero attached hydrogens (tertiary/aromatic N) is 4. The molecular weight excluding hydrogens is 565 g/mol. The van der Waals surface area contributed by atoms with Crippen molar-refractivity contribution < 1.29 is 18.7 Å². The third kappa shape index (κ3) is 8.42. The summed E-state index contributed by atoms with van der Waals surface area (Å²) in [5, 5.41) is 3.62. The van der Waals surface area contributed by atoms with E-state index in [-0.39, 0.29) is 35.8 Å². The van der Waals surface area contributed by atoms with E-state index in [2.05, 4.69) is 32.3 Å². The molecule has 2 aliphatic rings. The number of hydrogen-bond donors (Lipinski definition) is 1. The molecule has 8 nitrogen and oxygen atoms in total. The standard InChI is InChI=1S/C33H38FN5O3S/c1-23-20-24(2)36-33(35-23)43-22-30(40)39(21-25-8-10-27(34)11-9-25)31(26-6-4-3-5-7-26)32(41)37-28-12-14-29(15-13-28)38-16-18-42-19-17-38/h3-4,8-15,20,26,31H,5-7,16-19,21-22H2,1-2H3,(H,37,41). The summed E-state index contributed by atoms with van der Waals surface area (Å²) in [5.74, 6) is -0.775. The zero-order valence-electron chi connectivity index (χ0n) is 24.7. The minimum atomic E-state index is -0.720. The topological polar surface area (TPSA) is 87.7 Å². The molecule has 3 aromatic rings. The Morgan fingerprint density at radius 1 is 1.05 bits per heavy atom. The van der Waals surface area contributed by atoms with Gasteiger partial charge < -0.3 is 19.9 Å². The number of carbonyl (C=O) groups is 2. The van der Waals surface area contributed by atoms with Crippen LogP contribution in [0, 0.1) is 25.6 Å². The lowest BCUT2D eigenvalue weighted by molar-refractivity contribution is -0.139. The van der Waals surface area contributed by atoms with Crippen molar-refractivity contribution in [1.29, 1.82) is 0 Å². The number of halogens is 1. The normalized spacial score (nSPS) is 17.4. The molecule has 2 unspecified atom stereocenters. The van der Waals surface area contributed by atoms with Crippen molar-refractivity contribution >= 4 is 35.0 Å². The Kier molecular flexibility index (Phi) is 10.4. The maximum absolute atomic E-state index is 14.1. The van der Waals surface area contributed by atoms with Crippen LogP contribution in [0.25, 0.3) is 0 Å². The van der Waals surface area contributed by atoms with E-state index in [0.717, 1.165) is 48.6 Å². The summed E-state index contributed by atoms with van der Waals surface area (Å²) in [6.45, 7) is 7.02. The van der Waals surface area contributed by atoms with Crippen molar-refractivity contribution in [2.75, 3.05) is 42.3 Å². The van der Waals surface area contributed by atoms with Gasteiger partial charge in [-0.05, 0) is 87.1 Å². The van der Waals surface area contributed by atoms with Crippen LogP contribution in [0.1, 0.15) is 36.2 Å². The number of morpholine rings is 1. The number of aryl methyl sites for hydroxylation is 2. The number of aromatic nitrogens is 2. The summed E-state index contributed by atoms with van der Waals surface area (Å²) < 4.78 is 19.2. The van der Waals surface area contributed by atoms with Gasteiger partial charge >= 0.3 is 0 Å². The first kappa shape index (κ1) is 30.7. The van der Waals surface area contributed by atoms with Gasteiger partial charge in [0.25, 0.3) is 0 Å². The minimum Gasteiger partial charge on any atom is -0.378 e. The molecule has 0 spiro atoms. The van der Waals surface area contributed by atoms with Crippen LogP contribution in [0.5, 0.6) is 0 Å². The van der Waals surface area contributed by atoms with E-state index in [0.29, 0.717) is 30.5 Å². The van der Waals surface area contributed by atoms with E-state index in [1.807, 2.05) is 44.2 Å². The van der Waals surface area contributed by atoms with Crippen LogP contribution in [-0.2, 0) is 20.9 Å². The van der Waals surface area contributed by atoms with Crippen LogP contribution in [0.15, 0.2) is 71.9 Å². The van der Waals surface area contributed by atoms with Gasteiger partial charge in [-0.25, -0.2) is 14.4 Å². The number of amides is 2. The SMILES string of the molecule is Cc1cc(C)nc(SCC(=O)N(Cc2ccc(F)cc2)C(C(=O)Nc2ccc(N3CCOCC3)cc2)C2CC=CCC2)n1. The Bertz CT molecular complexity index is 1410. The molecule has 10 heteroatoms. The number of allylic oxidation sites excluding steroid dienone is 2. The van der Waals surface area contributed by atoms with Crippen molar-refractivity contribution in [2.24, 2.45) is 5.92 Å². The van der Waals surface area contributed by atoms with Gasteiger partial charge in [-0.1, -0.05) is 36.0 Å². The molecule has 0 radical (unpaired) electrons. The average Bonchev–Trinajstić information content (AvgIpc) is 3.01. The maximum Gasteiger partial charge on any atom is 0.247 e. The van der Waals surface area contributed by atoms with Crippen molar-refractivity contribution in [3.63, 3.8) is 0 Å². The van der Waals surface area contributed by atoms with Gasteiger partial charge in [0.2, 0.25) is 11.8 Å². The average molecular weight is 604 g/mol. The first-order chi connectivity index (χ1) is 20.9. The molecule has 0 saturated carbocycles. The number of anilines is 2. The summed E-state index contributed by atoms with van der Waals surface area (Å²) in [7, 11) is 0. The molecule has 2 aromatic carbocycles. The van der Waals surface area contributed by atoms with E-state index >= 15 is 0 Å². The second-order valence-electron chi connectivity index (χ2n) is 11.0. The monoisotopic (exact) mass is 603 g/mol. The number of benzene rings is 2. The molecular formula is C33H38FN5O3S. The number of nitrogens with one attached hydrogen (secondary N) is 1. The molecule has 226 valence electrons. The fourth-order valence-corrected chi connectivity index (χ4v) is 6.44. The first-order valence-electron chi connectivity index (χ1n) is 14.7. The van der Waals surface area contributed by atoms with Gasteiger partial charge in [-0.2, -0.15) is 0 Å². The Morgan fingerprint density at radius 3 is 2.40 bits per heavy atom. The summed E-state index contributed by atoms with van der Waals surface area (Å²) in [6.07, 6.45) is 6.52. The van der Waals surface area contributed by atoms with Crippen LogP contribution in [-0.4, -0.2) is 64.8 Å². The minimum absolute atomic E-state index is 0.0653. The molecule has 1 N–H and O–H groups in total. The van der Waals surface area contributed by atoms with Gasteiger partial charge in [0.1, 0.15) is 11.9 Å². The van der Waals surface area contributed by atoms with E-state index < -0.39 is 6.04 Å². The highest BCUT2D eigenvalue weighted by Crippen LogP contribution is 2.29.